The van der Waals surface area contributed by atoms with E-state index in [0.717, 1.165) is 18.4 Å². The molecular formula is C20H28N2O4S. The van der Waals surface area contributed by atoms with E-state index in [0.29, 0.717) is 12.8 Å². The number of nitrogens with one attached hydrogen (secondary N) is 1. The lowest BCUT2D eigenvalue weighted by atomic mass is 9.89. The van der Waals surface area contributed by atoms with Gasteiger partial charge in [0.2, 0.25) is 0 Å². The predicted octanol–water partition coefficient (Wildman–Crippen LogP) is 1.78. The number of sulfone groups is 1. The van der Waals surface area contributed by atoms with E-state index >= 15 is 0 Å². The van der Waals surface area contributed by atoms with Crippen molar-refractivity contribution in [2.45, 2.75) is 57.5 Å². The van der Waals surface area contributed by atoms with Crippen LogP contribution in [0.4, 0.5) is 0 Å². The summed E-state index contributed by atoms with van der Waals surface area (Å²) in [7, 11) is -1.60. The van der Waals surface area contributed by atoms with Crippen LogP contribution in [-0.2, 0) is 32.3 Å². The third kappa shape index (κ3) is 4.51. The molecule has 1 fully saturated rings. The topological polar surface area (TPSA) is 83.6 Å². The summed E-state index contributed by atoms with van der Waals surface area (Å²) in [5.74, 6) is -1.34. The lowest BCUT2D eigenvalue weighted by molar-refractivity contribution is -0.146. The fourth-order valence-electron chi connectivity index (χ4n) is 4.02. The number of fused-ring (bicyclic) bond motifs is 1. The molecule has 3 rings (SSSR count). The van der Waals surface area contributed by atoms with Crippen molar-refractivity contribution >= 4 is 21.7 Å². The summed E-state index contributed by atoms with van der Waals surface area (Å²) in [6.07, 6.45) is 5.64. The first-order valence-corrected chi connectivity index (χ1v) is 11.5. The Balaban J connectivity index is 1.67. The van der Waals surface area contributed by atoms with Gasteiger partial charge in [-0.3, -0.25) is 9.59 Å². The zero-order valence-corrected chi connectivity index (χ0v) is 16.8. The van der Waals surface area contributed by atoms with Crippen LogP contribution in [0, 0.1) is 0 Å². The minimum atomic E-state index is -3.10. The molecule has 1 aliphatic heterocycles. The van der Waals surface area contributed by atoms with Crippen LogP contribution in [0.2, 0.25) is 0 Å². The van der Waals surface area contributed by atoms with Crippen molar-refractivity contribution in [3.8, 4) is 0 Å². The highest BCUT2D eigenvalue weighted by Gasteiger charge is 2.35. The van der Waals surface area contributed by atoms with Gasteiger partial charge >= 0.3 is 11.8 Å². The summed E-state index contributed by atoms with van der Waals surface area (Å²) in [6, 6.07) is 5.68. The van der Waals surface area contributed by atoms with Crippen molar-refractivity contribution in [1.29, 1.82) is 0 Å². The second-order valence-electron chi connectivity index (χ2n) is 7.64. The minimum absolute atomic E-state index is 0.0649. The first-order valence-electron chi connectivity index (χ1n) is 9.70. The summed E-state index contributed by atoms with van der Waals surface area (Å²) in [5.41, 5.74) is 3.74. The molecule has 0 spiro atoms. The van der Waals surface area contributed by atoms with E-state index in [-0.39, 0.29) is 17.5 Å². The average Bonchev–Trinajstić information content (AvgIpc) is 3.04. The molecule has 0 saturated carbocycles. The molecule has 0 bridgehead atoms. The van der Waals surface area contributed by atoms with Gasteiger partial charge in [-0.15, -0.1) is 0 Å². The van der Waals surface area contributed by atoms with E-state index < -0.39 is 27.7 Å². The van der Waals surface area contributed by atoms with Gasteiger partial charge in [-0.1, -0.05) is 25.1 Å². The molecule has 1 heterocycles. The number of rotatable bonds is 4. The normalized spacial score (nSPS) is 21.9. The van der Waals surface area contributed by atoms with Gasteiger partial charge in [-0.2, -0.15) is 0 Å². The van der Waals surface area contributed by atoms with Crippen LogP contribution in [0.25, 0.3) is 0 Å². The number of likely N-dealkylation sites (N-methyl/N-ethyl adjacent to an activating group) is 1. The number of benzene rings is 1. The van der Waals surface area contributed by atoms with E-state index in [1.807, 2.05) is 13.0 Å². The van der Waals surface area contributed by atoms with Gasteiger partial charge in [-0.25, -0.2) is 8.42 Å². The summed E-state index contributed by atoms with van der Waals surface area (Å²) < 4.78 is 23.3. The van der Waals surface area contributed by atoms with E-state index in [2.05, 4.69) is 17.4 Å². The van der Waals surface area contributed by atoms with E-state index in [1.54, 1.807) is 0 Å². The van der Waals surface area contributed by atoms with Crippen LogP contribution >= 0.6 is 0 Å². The van der Waals surface area contributed by atoms with E-state index in [1.165, 1.54) is 35.9 Å². The standard InChI is InChI=1S/C20H28N2O4S/c1-3-18(16-9-8-14-6-4-5-7-15(14)12-16)21-19(23)20(24)22(2)17-10-11-27(25,26)13-17/h8-9,12,17-18H,3-7,10-11,13H2,1-2H3,(H,21,23). The highest BCUT2D eigenvalue weighted by atomic mass is 32.2. The number of carbonyl (C=O) groups excluding carboxylic acids is 2. The Bertz CT molecular complexity index is 834. The Morgan fingerprint density at radius 3 is 2.56 bits per heavy atom. The van der Waals surface area contributed by atoms with Crippen molar-refractivity contribution in [2.24, 2.45) is 0 Å². The highest BCUT2D eigenvalue weighted by molar-refractivity contribution is 7.91. The molecule has 1 saturated heterocycles. The molecule has 2 aliphatic rings. The molecule has 27 heavy (non-hydrogen) atoms. The number of hydrogen-bond acceptors (Lipinski definition) is 4. The molecule has 2 amide bonds. The monoisotopic (exact) mass is 392 g/mol. The Labute approximate surface area is 161 Å². The van der Waals surface area contributed by atoms with Gasteiger partial charge in [0.05, 0.1) is 17.5 Å². The first kappa shape index (κ1) is 19.9. The molecule has 6 nitrogen and oxygen atoms in total. The third-order valence-electron chi connectivity index (χ3n) is 5.76. The van der Waals surface area contributed by atoms with Crippen LogP contribution in [0.15, 0.2) is 18.2 Å². The quantitative estimate of drug-likeness (QED) is 0.792. The Kier molecular flexibility index (Phi) is 5.89. The SMILES string of the molecule is CCC(NC(=O)C(=O)N(C)C1CCS(=O)(=O)C1)c1ccc2c(c1)CCCC2. The van der Waals surface area contributed by atoms with Gasteiger partial charge in [-0.05, 0) is 55.2 Å². The molecule has 1 N–H and O–H groups in total. The Hall–Kier alpha value is -1.89. The number of aryl methyl sites for hydroxylation is 2. The number of nitrogens with zero attached hydrogens (tertiary/aromatic N) is 1. The number of hydrogen-bond donors (Lipinski definition) is 1. The van der Waals surface area contributed by atoms with Gasteiger partial charge in [0.15, 0.2) is 9.84 Å². The van der Waals surface area contributed by atoms with E-state index in [4.69, 9.17) is 0 Å². The Morgan fingerprint density at radius 2 is 1.93 bits per heavy atom. The second kappa shape index (κ2) is 8.00. The molecular weight excluding hydrogens is 364 g/mol. The lowest BCUT2D eigenvalue weighted by Gasteiger charge is -2.25. The molecule has 0 radical (unpaired) electrons. The molecule has 2 atom stereocenters. The van der Waals surface area contributed by atoms with Crippen molar-refractivity contribution < 1.29 is 18.0 Å². The minimum Gasteiger partial charge on any atom is -0.341 e. The summed E-state index contributed by atoms with van der Waals surface area (Å²) in [6.45, 7) is 1.97. The fraction of sp³-hybridized carbons (Fsp3) is 0.600. The summed E-state index contributed by atoms with van der Waals surface area (Å²) in [5, 5.41) is 2.84. The zero-order chi connectivity index (χ0) is 19.6. The first-order chi connectivity index (χ1) is 12.8. The Morgan fingerprint density at radius 1 is 1.22 bits per heavy atom. The van der Waals surface area contributed by atoms with Gasteiger partial charge in [0, 0.05) is 13.1 Å². The smallest absolute Gasteiger partial charge is 0.311 e. The van der Waals surface area contributed by atoms with Crippen LogP contribution in [0.5, 0.6) is 0 Å². The fourth-order valence-corrected chi connectivity index (χ4v) is 5.79. The molecule has 7 heteroatoms. The van der Waals surface area contributed by atoms with E-state index in [9.17, 15) is 18.0 Å². The van der Waals surface area contributed by atoms with Crippen LogP contribution in [0.3, 0.4) is 0 Å². The summed E-state index contributed by atoms with van der Waals surface area (Å²) in [4.78, 5) is 26.2. The van der Waals surface area contributed by atoms with Crippen LogP contribution in [-0.4, -0.2) is 49.7 Å². The molecule has 0 aromatic heterocycles. The molecule has 1 aromatic rings. The third-order valence-corrected chi connectivity index (χ3v) is 7.51. The van der Waals surface area contributed by atoms with Crippen molar-refractivity contribution in [1.82, 2.24) is 10.2 Å². The van der Waals surface area contributed by atoms with Crippen LogP contribution in [0.1, 0.15) is 55.3 Å². The van der Waals surface area contributed by atoms with Gasteiger partial charge < -0.3 is 10.2 Å². The number of amides is 2. The highest BCUT2D eigenvalue weighted by Crippen LogP contribution is 2.26. The summed E-state index contributed by atoms with van der Waals surface area (Å²) >= 11 is 0. The molecule has 1 aliphatic carbocycles. The second-order valence-corrected chi connectivity index (χ2v) is 9.87. The maximum Gasteiger partial charge on any atom is 0.311 e. The van der Waals surface area contributed by atoms with Gasteiger partial charge in [0.25, 0.3) is 0 Å². The maximum atomic E-state index is 12.5. The van der Waals surface area contributed by atoms with Gasteiger partial charge in [0.1, 0.15) is 0 Å². The number of carbonyl (C=O) groups is 2. The molecule has 1 aromatic carbocycles. The largest absolute Gasteiger partial charge is 0.341 e. The maximum absolute atomic E-state index is 12.5. The lowest BCUT2D eigenvalue weighted by Crippen LogP contribution is -2.47. The average molecular weight is 393 g/mol. The predicted molar refractivity (Wildman–Crippen MR) is 104 cm³/mol. The van der Waals surface area contributed by atoms with Crippen molar-refractivity contribution in [3.63, 3.8) is 0 Å². The van der Waals surface area contributed by atoms with Crippen molar-refractivity contribution in [3.05, 3.63) is 34.9 Å². The zero-order valence-electron chi connectivity index (χ0n) is 16.0. The molecule has 2 unspecified atom stereocenters. The van der Waals surface area contributed by atoms with Crippen molar-refractivity contribution in [2.75, 3.05) is 18.6 Å². The molecule has 148 valence electrons. The van der Waals surface area contributed by atoms with Crippen LogP contribution < -0.4 is 5.32 Å².